The number of carbonyl (C=O) groups excluding carboxylic acids is 2. The van der Waals surface area contributed by atoms with E-state index >= 15 is 0 Å². The van der Waals surface area contributed by atoms with E-state index in [-0.39, 0.29) is 18.0 Å². The van der Waals surface area contributed by atoms with Gasteiger partial charge in [0.2, 0.25) is 5.91 Å². The highest BCUT2D eigenvalue weighted by molar-refractivity contribution is 5.99. The molecule has 2 aromatic heterocycles. The van der Waals surface area contributed by atoms with E-state index in [1.54, 1.807) is 12.3 Å². The van der Waals surface area contributed by atoms with Crippen LogP contribution in [0, 0.1) is 0 Å². The maximum atomic E-state index is 12.1. The van der Waals surface area contributed by atoms with Crippen LogP contribution in [0.15, 0.2) is 42.6 Å². The molecule has 4 N–H and O–H groups in total. The Bertz CT molecular complexity index is 906. The second-order valence-corrected chi connectivity index (χ2v) is 5.60. The van der Waals surface area contributed by atoms with Gasteiger partial charge in [0.25, 0.3) is 0 Å². The molecule has 3 aromatic rings. The Morgan fingerprint density at radius 2 is 1.92 bits per heavy atom. The van der Waals surface area contributed by atoms with E-state index in [0.717, 1.165) is 5.56 Å². The predicted octanol–water partition coefficient (Wildman–Crippen LogP) is 2.80. The van der Waals surface area contributed by atoms with Gasteiger partial charge in [-0.25, -0.2) is 9.78 Å². The molecule has 0 bridgehead atoms. The highest BCUT2D eigenvalue weighted by Crippen LogP contribution is 2.21. The number of pyridine rings is 1. The second-order valence-electron chi connectivity index (χ2n) is 5.60. The van der Waals surface area contributed by atoms with E-state index in [4.69, 9.17) is 0 Å². The zero-order valence-electron chi connectivity index (χ0n) is 13.8. The summed E-state index contributed by atoms with van der Waals surface area (Å²) >= 11 is 0. The van der Waals surface area contributed by atoms with Gasteiger partial charge in [-0.2, -0.15) is 5.10 Å². The molecule has 0 saturated heterocycles. The topological polar surface area (TPSA) is 112 Å². The normalized spacial score (nSPS) is 11.8. The minimum Gasteiger partial charge on any atom is -0.331 e. The van der Waals surface area contributed by atoms with E-state index in [1.807, 2.05) is 37.3 Å². The van der Waals surface area contributed by atoms with Crippen LogP contribution in [0.5, 0.6) is 0 Å². The van der Waals surface area contributed by atoms with Crippen LogP contribution in [0.1, 0.15) is 25.5 Å². The Balaban J connectivity index is 1.68. The summed E-state index contributed by atoms with van der Waals surface area (Å²) in [7, 11) is 0. The van der Waals surface area contributed by atoms with Crippen molar-refractivity contribution >= 4 is 34.5 Å². The van der Waals surface area contributed by atoms with E-state index in [2.05, 4.69) is 31.1 Å². The number of nitrogens with one attached hydrogen (secondary N) is 4. The Hall–Kier alpha value is -3.42. The molecule has 3 rings (SSSR count). The predicted molar refractivity (Wildman–Crippen MR) is 95.2 cm³/mol. The fourth-order valence-corrected chi connectivity index (χ4v) is 2.42. The molecule has 2 heterocycles. The second kappa shape index (κ2) is 7.00. The summed E-state index contributed by atoms with van der Waals surface area (Å²) in [5.74, 6) is 0.567. The number of amides is 3. The van der Waals surface area contributed by atoms with Gasteiger partial charge in [-0.15, -0.1) is 0 Å². The zero-order valence-corrected chi connectivity index (χ0v) is 13.8. The number of hydrogen-bond acceptors (Lipinski definition) is 4. The lowest BCUT2D eigenvalue weighted by Crippen LogP contribution is -2.31. The van der Waals surface area contributed by atoms with Crippen molar-refractivity contribution < 1.29 is 9.59 Å². The molecule has 25 heavy (non-hydrogen) atoms. The van der Waals surface area contributed by atoms with Crippen LogP contribution in [0.2, 0.25) is 0 Å². The highest BCUT2D eigenvalue weighted by Gasteiger charge is 2.12. The Morgan fingerprint density at radius 1 is 1.16 bits per heavy atom. The van der Waals surface area contributed by atoms with Crippen molar-refractivity contribution in [2.45, 2.75) is 19.9 Å². The van der Waals surface area contributed by atoms with Crippen molar-refractivity contribution in [2.75, 3.05) is 10.6 Å². The molecule has 0 aliphatic heterocycles. The first-order valence-corrected chi connectivity index (χ1v) is 7.77. The molecular weight excluding hydrogens is 320 g/mol. The first-order chi connectivity index (χ1) is 12.0. The SMILES string of the molecule is CC(=O)Nc1n[nH]c2cc(NC(=O)NC(C)c3ccccc3)ncc12. The lowest BCUT2D eigenvalue weighted by atomic mass is 10.1. The quantitative estimate of drug-likeness (QED) is 0.586. The van der Waals surface area contributed by atoms with Crippen molar-refractivity contribution in [3.8, 4) is 0 Å². The molecule has 1 aromatic carbocycles. The van der Waals surface area contributed by atoms with Crippen LogP contribution < -0.4 is 16.0 Å². The summed E-state index contributed by atoms with van der Waals surface area (Å²) in [5, 5.41) is 15.6. The summed E-state index contributed by atoms with van der Waals surface area (Å²) in [6.07, 6.45) is 1.54. The van der Waals surface area contributed by atoms with Crippen molar-refractivity contribution in [3.63, 3.8) is 0 Å². The van der Waals surface area contributed by atoms with E-state index in [1.165, 1.54) is 6.92 Å². The number of H-pyrrole nitrogens is 1. The van der Waals surface area contributed by atoms with Crippen LogP contribution >= 0.6 is 0 Å². The van der Waals surface area contributed by atoms with Gasteiger partial charge >= 0.3 is 6.03 Å². The van der Waals surface area contributed by atoms with Gasteiger partial charge < -0.3 is 10.6 Å². The molecule has 1 unspecified atom stereocenters. The summed E-state index contributed by atoms with van der Waals surface area (Å²) in [5.41, 5.74) is 1.67. The number of hydrogen-bond donors (Lipinski definition) is 4. The molecule has 0 spiro atoms. The van der Waals surface area contributed by atoms with Crippen molar-refractivity contribution in [1.29, 1.82) is 0 Å². The smallest absolute Gasteiger partial charge is 0.320 e. The van der Waals surface area contributed by atoms with E-state index in [0.29, 0.717) is 22.5 Å². The highest BCUT2D eigenvalue weighted by atomic mass is 16.2. The maximum absolute atomic E-state index is 12.1. The van der Waals surface area contributed by atoms with Gasteiger partial charge in [0.15, 0.2) is 5.82 Å². The van der Waals surface area contributed by atoms with Gasteiger partial charge in [0, 0.05) is 19.2 Å². The van der Waals surface area contributed by atoms with Crippen LogP contribution in [0.25, 0.3) is 10.9 Å². The number of aromatic nitrogens is 3. The summed E-state index contributed by atoms with van der Waals surface area (Å²) in [4.78, 5) is 27.5. The molecule has 8 heteroatoms. The lowest BCUT2D eigenvalue weighted by molar-refractivity contribution is -0.114. The molecule has 0 radical (unpaired) electrons. The van der Waals surface area contributed by atoms with Crippen molar-refractivity contribution in [2.24, 2.45) is 0 Å². The first kappa shape index (κ1) is 16.4. The fraction of sp³-hybridized carbons (Fsp3) is 0.176. The third-order valence-electron chi connectivity index (χ3n) is 3.63. The number of nitrogens with zero attached hydrogens (tertiary/aromatic N) is 2. The molecule has 0 aliphatic rings. The minimum absolute atomic E-state index is 0.136. The number of benzene rings is 1. The fourth-order valence-electron chi connectivity index (χ4n) is 2.42. The number of aromatic amines is 1. The summed E-state index contributed by atoms with van der Waals surface area (Å²) in [6.45, 7) is 3.31. The molecule has 0 fully saturated rings. The molecule has 1 atom stereocenters. The summed E-state index contributed by atoms with van der Waals surface area (Å²) < 4.78 is 0. The average molecular weight is 338 g/mol. The number of rotatable bonds is 4. The molecule has 0 saturated carbocycles. The third-order valence-corrected chi connectivity index (χ3v) is 3.63. The van der Waals surface area contributed by atoms with Gasteiger partial charge in [0.05, 0.1) is 16.9 Å². The standard InChI is InChI=1S/C17H18N6O2/c1-10(12-6-4-3-5-7-12)19-17(25)21-15-8-14-13(9-18-15)16(23-22-14)20-11(2)24/h3-10H,1-2H3,(H2,18,19,21,25)(H2,20,22,23,24). The van der Waals surface area contributed by atoms with Crippen LogP contribution in [-0.4, -0.2) is 27.1 Å². The van der Waals surface area contributed by atoms with E-state index in [9.17, 15) is 9.59 Å². The lowest BCUT2D eigenvalue weighted by Gasteiger charge is -2.14. The Morgan fingerprint density at radius 3 is 2.64 bits per heavy atom. The summed E-state index contributed by atoms with van der Waals surface area (Å²) in [6, 6.07) is 10.8. The number of anilines is 2. The largest absolute Gasteiger partial charge is 0.331 e. The van der Waals surface area contributed by atoms with Crippen molar-refractivity contribution in [3.05, 3.63) is 48.2 Å². The molecule has 0 aliphatic carbocycles. The zero-order chi connectivity index (χ0) is 17.8. The minimum atomic E-state index is -0.357. The molecular formula is C17H18N6O2. The maximum Gasteiger partial charge on any atom is 0.320 e. The molecule has 8 nitrogen and oxygen atoms in total. The number of carbonyl (C=O) groups is 2. The first-order valence-electron chi connectivity index (χ1n) is 7.77. The number of urea groups is 1. The monoisotopic (exact) mass is 338 g/mol. The average Bonchev–Trinajstić information content (AvgIpc) is 2.97. The van der Waals surface area contributed by atoms with Gasteiger partial charge in [-0.05, 0) is 12.5 Å². The van der Waals surface area contributed by atoms with Gasteiger partial charge in [0.1, 0.15) is 5.82 Å². The van der Waals surface area contributed by atoms with Gasteiger partial charge in [-0.1, -0.05) is 30.3 Å². The third kappa shape index (κ3) is 3.92. The Kier molecular flexibility index (Phi) is 4.60. The van der Waals surface area contributed by atoms with Gasteiger partial charge in [-0.3, -0.25) is 15.2 Å². The van der Waals surface area contributed by atoms with E-state index < -0.39 is 0 Å². The van der Waals surface area contributed by atoms with Crippen LogP contribution in [0.3, 0.4) is 0 Å². The Labute approximate surface area is 144 Å². The molecule has 128 valence electrons. The van der Waals surface area contributed by atoms with Crippen LogP contribution in [0.4, 0.5) is 16.4 Å². The van der Waals surface area contributed by atoms with Crippen LogP contribution in [-0.2, 0) is 4.79 Å². The molecule has 3 amide bonds. The van der Waals surface area contributed by atoms with Crippen molar-refractivity contribution in [1.82, 2.24) is 20.5 Å². The number of fused-ring (bicyclic) bond motifs is 1.